The number of ketones is 1. The zero-order valence-corrected chi connectivity index (χ0v) is 17.7. The number of nitrogens with one attached hydrogen (secondary N) is 1. The molecule has 1 spiro atoms. The van der Waals surface area contributed by atoms with Gasteiger partial charge in [-0.2, -0.15) is 0 Å². The minimum absolute atomic E-state index is 0.0423. The van der Waals surface area contributed by atoms with Gasteiger partial charge in [0.15, 0.2) is 5.78 Å². The van der Waals surface area contributed by atoms with Gasteiger partial charge in [0.25, 0.3) is 0 Å². The highest BCUT2D eigenvalue weighted by Crippen LogP contribution is 2.61. The van der Waals surface area contributed by atoms with Gasteiger partial charge in [0, 0.05) is 40.4 Å². The van der Waals surface area contributed by atoms with Crippen molar-refractivity contribution in [1.29, 1.82) is 0 Å². The summed E-state index contributed by atoms with van der Waals surface area (Å²) in [5.74, 6) is 1.08. The van der Waals surface area contributed by atoms with Crippen molar-refractivity contribution in [3.63, 3.8) is 0 Å². The minimum Gasteiger partial charge on any atom is -0.324 e. The van der Waals surface area contributed by atoms with Crippen LogP contribution in [0.2, 0.25) is 0 Å². The number of fused-ring (bicyclic) bond motifs is 4. The maximum Gasteiger partial charge on any atom is 0.250 e. The smallest absolute Gasteiger partial charge is 0.250 e. The lowest BCUT2D eigenvalue weighted by molar-refractivity contribution is -0.127. The summed E-state index contributed by atoms with van der Waals surface area (Å²) in [5.41, 5.74) is 2.56. The van der Waals surface area contributed by atoms with Crippen LogP contribution in [0.3, 0.4) is 0 Å². The first-order chi connectivity index (χ1) is 15.2. The van der Waals surface area contributed by atoms with E-state index in [1.807, 2.05) is 84.6 Å². The van der Waals surface area contributed by atoms with Crippen LogP contribution in [0.4, 0.5) is 5.69 Å². The maximum atomic E-state index is 14.2. The third-order valence-corrected chi connectivity index (χ3v) is 8.09. The molecule has 4 nitrogen and oxygen atoms in total. The Hall–Kier alpha value is -2.89. The average molecular weight is 427 g/mol. The second-order valence-electron chi connectivity index (χ2n) is 8.45. The van der Waals surface area contributed by atoms with Crippen LogP contribution >= 0.6 is 11.8 Å². The lowest BCUT2D eigenvalue weighted by Crippen LogP contribution is -2.52. The van der Waals surface area contributed by atoms with Gasteiger partial charge in [-0.1, -0.05) is 78.9 Å². The molecule has 3 aliphatic heterocycles. The van der Waals surface area contributed by atoms with E-state index in [0.29, 0.717) is 5.56 Å². The Kier molecular flexibility index (Phi) is 4.30. The molecule has 0 bridgehead atoms. The normalized spacial score (nSPS) is 29.0. The lowest BCUT2D eigenvalue weighted by Gasteiger charge is -2.36. The number of carbonyl (C=O) groups is 2. The predicted octanol–water partition coefficient (Wildman–Crippen LogP) is 4.51. The third kappa shape index (κ3) is 2.54. The van der Waals surface area contributed by atoms with Crippen molar-refractivity contribution in [2.75, 3.05) is 16.9 Å². The fourth-order valence-corrected chi connectivity index (χ4v) is 7.19. The van der Waals surface area contributed by atoms with Crippen molar-refractivity contribution in [1.82, 2.24) is 4.90 Å². The summed E-state index contributed by atoms with van der Waals surface area (Å²) >= 11 is 1.85. The Morgan fingerprint density at radius 2 is 1.61 bits per heavy atom. The Morgan fingerprint density at radius 3 is 2.39 bits per heavy atom. The zero-order valence-electron chi connectivity index (χ0n) is 16.9. The highest BCUT2D eigenvalue weighted by molar-refractivity contribution is 7.99. The molecule has 6 rings (SSSR count). The van der Waals surface area contributed by atoms with E-state index in [4.69, 9.17) is 0 Å². The van der Waals surface area contributed by atoms with Gasteiger partial charge in [-0.25, -0.2) is 0 Å². The van der Waals surface area contributed by atoms with Crippen LogP contribution in [0.15, 0.2) is 84.9 Å². The molecule has 0 radical (unpaired) electrons. The maximum absolute atomic E-state index is 14.2. The van der Waals surface area contributed by atoms with Gasteiger partial charge in [0.2, 0.25) is 5.91 Å². The van der Waals surface area contributed by atoms with Crippen LogP contribution in [0.25, 0.3) is 0 Å². The van der Waals surface area contributed by atoms with E-state index in [-0.39, 0.29) is 23.7 Å². The SMILES string of the molecule is O=C(c1ccccc1)[C@H]1[C@H](c2ccccc2)[C@H]2CSCN2[C@@]12C(=O)Nc1ccccc12. The largest absolute Gasteiger partial charge is 0.324 e. The summed E-state index contributed by atoms with van der Waals surface area (Å²) in [7, 11) is 0. The van der Waals surface area contributed by atoms with Crippen LogP contribution in [0.1, 0.15) is 27.4 Å². The number of anilines is 1. The van der Waals surface area contributed by atoms with Crippen LogP contribution in [0, 0.1) is 5.92 Å². The molecule has 2 fully saturated rings. The highest BCUT2D eigenvalue weighted by atomic mass is 32.2. The van der Waals surface area contributed by atoms with Crippen molar-refractivity contribution >= 4 is 29.1 Å². The number of amides is 1. The van der Waals surface area contributed by atoms with Crippen molar-refractivity contribution in [3.05, 3.63) is 102 Å². The molecule has 0 aromatic heterocycles. The molecule has 1 N–H and O–H groups in total. The number of benzene rings is 3. The summed E-state index contributed by atoms with van der Waals surface area (Å²) in [5, 5.41) is 3.11. The first kappa shape index (κ1) is 18.8. The molecule has 3 aliphatic rings. The molecule has 3 heterocycles. The molecule has 0 unspecified atom stereocenters. The van der Waals surface area contributed by atoms with Gasteiger partial charge in [-0.3, -0.25) is 14.5 Å². The quantitative estimate of drug-likeness (QED) is 0.627. The molecule has 1 amide bonds. The molecule has 2 saturated heterocycles. The number of rotatable bonds is 3. The summed E-state index contributed by atoms with van der Waals surface area (Å²) in [6.45, 7) is 0. The van der Waals surface area contributed by atoms with Crippen molar-refractivity contribution in [2.24, 2.45) is 5.92 Å². The number of carbonyl (C=O) groups excluding carboxylic acids is 2. The predicted molar refractivity (Wildman–Crippen MR) is 123 cm³/mol. The number of hydrogen-bond donors (Lipinski definition) is 1. The summed E-state index contributed by atoms with van der Waals surface area (Å²) in [6.07, 6.45) is 0. The Bertz CT molecular complexity index is 1170. The summed E-state index contributed by atoms with van der Waals surface area (Å²) in [6, 6.07) is 27.7. The van der Waals surface area contributed by atoms with Gasteiger partial charge < -0.3 is 5.32 Å². The molecule has 154 valence electrons. The number of thioether (sulfide) groups is 1. The highest BCUT2D eigenvalue weighted by Gasteiger charge is 2.69. The van der Waals surface area contributed by atoms with Crippen molar-refractivity contribution < 1.29 is 9.59 Å². The van der Waals surface area contributed by atoms with Gasteiger partial charge in [-0.15, -0.1) is 11.8 Å². The van der Waals surface area contributed by atoms with E-state index in [1.165, 1.54) is 0 Å². The van der Waals surface area contributed by atoms with Crippen LogP contribution in [-0.4, -0.2) is 34.3 Å². The number of hydrogen-bond acceptors (Lipinski definition) is 4. The van der Waals surface area contributed by atoms with E-state index >= 15 is 0 Å². The van der Waals surface area contributed by atoms with E-state index in [9.17, 15) is 9.59 Å². The second-order valence-corrected chi connectivity index (χ2v) is 9.45. The van der Waals surface area contributed by atoms with Gasteiger partial charge in [-0.05, 0) is 11.6 Å². The molecule has 3 aromatic carbocycles. The lowest BCUT2D eigenvalue weighted by atomic mass is 9.69. The van der Waals surface area contributed by atoms with Gasteiger partial charge >= 0.3 is 0 Å². The summed E-state index contributed by atoms with van der Waals surface area (Å²) in [4.78, 5) is 30.3. The fraction of sp³-hybridized carbons (Fsp3) is 0.231. The minimum atomic E-state index is -0.988. The summed E-state index contributed by atoms with van der Waals surface area (Å²) < 4.78 is 0. The topological polar surface area (TPSA) is 49.4 Å². The van der Waals surface area contributed by atoms with Crippen molar-refractivity contribution in [3.8, 4) is 0 Å². The van der Waals surface area contributed by atoms with E-state index < -0.39 is 11.5 Å². The van der Waals surface area contributed by atoms with Gasteiger partial charge in [0.05, 0.1) is 5.92 Å². The Balaban J connectivity index is 1.62. The second kappa shape index (κ2) is 7.08. The Labute approximate surface area is 185 Å². The number of nitrogens with zero attached hydrogens (tertiary/aromatic N) is 1. The first-order valence-electron chi connectivity index (χ1n) is 10.6. The van der Waals surface area contributed by atoms with Crippen molar-refractivity contribution in [2.45, 2.75) is 17.5 Å². The molecule has 0 aliphatic carbocycles. The third-order valence-electron chi connectivity index (χ3n) is 7.05. The molecule has 3 aromatic rings. The number of Topliss-reactive ketones (excluding diaryl/α,β-unsaturated/α-hetero) is 1. The molecular formula is C26H22N2O2S. The standard InChI is InChI=1S/C26H22N2O2S/c29-24(18-11-5-2-6-12-18)23-22(17-9-3-1-4-10-17)21-15-31-16-28(21)26(23)19-13-7-8-14-20(19)27-25(26)30/h1-14,21-23H,15-16H2,(H,27,30)/t21-,22-,23-,26-/m1/s1. The molecule has 4 atom stereocenters. The first-order valence-corrected chi connectivity index (χ1v) is 11.8. The van der Waals surface area contributed by atoms with Crippen LogP contribution < -0.4 is 5.32 Å². The van der Waals surface area contributed by atoms with E-state index in [0.717, 1.165) is 28.4 Å². The molecule has 5 heteroatoms. The van der Waals surface area contributed by atoms with Crippen LogP contribution in [0.5, 0.6) is 0 Å². The molecular weight excluding hydrogens is 404 g/mol. The van der Waals surface area contributed by atoms with E-state index in [2.05, 4.69) is 22.3 Å². The van der Waals surface area contributed by atoms with E-state index in [1.54, 1.807) is 0 Å². The average Bonchev–Trinajstić information content (AvgIpc) is 3.48. The fourth-order valence-electron chi connectivity index (χ4n) is 5.86. The molecule has 0 saturated carbocycles. The van der Waals surface area contributed by atoms with Crippen LogP contribution in [-0.2, 0) is 10.3 Å². The number of para-hydroxylation sites is 1. The molecule has 31 heavy (non-hydrogen) atoms. The zero-order chi connectivity index (χ0) is 21.0. The van der Waals surface area contributed by atoms with Gasteiger partial charge in [0.1, 0.15) is 5.54 Å². The monoisotopic (exact) mass is 426 g/mol. The Morgan fingerprint density at radius 1 is 0.935 bits per heavy atom.